The Balaban J connectivity index is 1.91. The molecule has 5 heteroatoms. The molecule has 17 heavy (non-hydrogen) atoms. The quantitative estimate of drug-likeness (QED) is 0.721. The van der Waals surface area contributed by atoms with Gasteiger partial charge in [0.05, 0.1) is 11.7 Å². The average Bonchev–Trinajstić information content (AvgIpc) is 2.29. The second-order valence-electron chi connectivity index (χ2n) is 5.12. The first-order valence-corrected chi connectivity index (χ1v) is 6.71. The highest BCUT2D eigenvalue weighted by molar-refractivity contribution is 6.30. The molecule has 2 heterocycles. The third-order valence-corrected chi connectivity index (χ3v) is 3.98. The van der Waals surface area contributed by atoms with E-state index in [1.54, 1.807) is 11.8 Å². The lowest BCUT2D eigenvalue weighted by molar-refractivity contribution is -0.153. The summed E-state index contributed by atoms with van der Waals surface area (Å²) in [7, 11) is 0. The number of aliphatic hydroxyl groups excluding tert-OH is 1. The van der Waals surface area contributed by atoms with Crippen molar-refractivity contribution in [2.24, 2.45) is 0 Å². The summed E-state index contributed by atoms with van der Waals surface area (Å²) >= 11 is 5.80. The van der Waals surface area contributed by atoms with Crippen LogP contribution in [0.4, 0.5) is 0 Å². The first kappa shape index (κ1) is 13.1. The maximum absolute atomic E-state index is 11.7. The fraction of sp³-hybridized carbons (Fsp3) is 0.917. The molecule has 0 radical (unpaired) electrons. The number of halogens is 1. The largest absolute Gasteiger partial charge is 0.393 e. The molecule has 4 nitrogen and oxygen atoms in total. The number of carbonyl (C=O) groups is 1. The van der Waals surface area contributed by atoms with Gasteiger partial charge in [-0.3, -0.25) is 4.79 Å². The van der Waals surface area contributed by atoms with E-state index in [2.05, 4.69) is 0 Å². The summed E-state index contributed by atoms with van der Waals surface area (Å²) in [5.41, 5.74) is -0.204. The predicted molar refractivity (Wildman–Crippen MR) is 65.1 cm³/mol. The number of amides is 1. The van der Waals surface area contributed by atoms with Crippen LogP contribution in [-0.2, 0) is 9.53 Å². The minimum absolute atomic E-state index is 0.00197. The molecule has 2 aliphatic heterocycles. The van der Waals surface area contributed by atoms with Crippen LogP contribution in [0.3, 0.4) is 0 Å². The number of alkyl halides is 1. The fourth-order valence-electron chi connectivity index (χ4n) is 2.74. The minimum Gasteiger partial charge on any atom is -0.393 e. The number of rotatable bonds is 1. The Bertz CT molecular complexity index is 287. The standard InChI is InChI=1S/C12H20ClNO3/c1-9(13)11(16)14-5-3-12(4-6-14)8-10(15)2-7-17-12/h9-10,15H,2-8H2,1H3. The number of carbonyl (C=O) groups excluding carboxylic acids is 1. The Labute approximate surface area is 107 Å². The van der Waals surface area contributed by atoms with Crippen LogP contribution < -0.4 is 0 Å². The molecular weight excluding hydrogens is 242 g/mol. The van der Waals surface area contributed by atoms with Crippen molar-refractivity contribution in [3.63, 3.8) is 0 Å². The van der Waals surface area contributed by atoms with Gasteiger partial charge in [0.2, 0.25) is 5.91 Å². The molecule has 2 atom stereocenters. The van der Waals surface area contributed by atoms with E-state index in [1.165, 1.54) is 0 Å². The number of likely N-dealkylation sites (tertiary alicyclic amines) is 1. The molecule has 0 aromatic carbocycles. The monoisotopic (exact) mass is 261 g/mol. The van der Waals surface area contributed by atoms with Gasteiger partial charge in [0.15, 0.2) is 0 Å². The van der Waals surface area contributed by atoms with E-state index >= 15 is 0 Å². The van der Waals surface area contributed by atoms with Crippen molar-refractivity contribution in [2.45, 2.75) is 49.7 Å². The molecule has 2 unspecified atom stereocenters. The molecule has 2 fully saturated rings. The molecular formula is C12H20ClNO3. The maximum atomic E-state index is 11.7. The fourth-order valence-corrected chi connectivity index (χ4v) is 2.87. The van der Waals surface area contributed by atoms with Crippen LogP contribution in [0.1, 0.15) is 32.6 Å². The summed E-state index contributed by atoms with van der Waals surface area (Å²) in [6, 6.07) is 0. The van der Waals surface area contributed by atoms with E-state index in [9.17, 15) is 9.90 Å². The van der Waals surface area contributed by atoms with Gasteiger partial charge < -0.3 is 14.7 Å². The van der Waals surface area contributed by atoms with Crippen LogP contribution >= 0.6 is 11.6 Å². The number of ether oxygens (including phenoxy) is 1. The van der Waals surface area contributed by atoms with Crippen molar-refractivity contribution >= 4 is 17.5 Å². The Hall–Kier alpha value is -0.320. The summed E-state index contributed by atoms with van der Waals surface area (Å²) in [5, 5.41) is 9.25. The molecule has 0 bridgehead atoms. The summed E-state index contributed by atoms with van der Waals surface area (Å²) in [6.45, 7) is 3.70. The zero-order valence-corrected chi connectivity index (χ0v) is 10.9. The molecule has 0 aromatic rings. The molecule has 1 amide bonds. The Kier molecular flexibility index (Phi) is 3.95. The van der Waals surface area contributed by atoms with Gasteiger partial charge in [-0.05, 0) is 26.2 Å². The van der Waals surface area contributed by atoms with Crippen LogP contribution in [0.5, 0.6) is 0 Å². The Morgan fingerprint density at radius 1 is 1.53 bits per heavy atom. The molecule has 1 N–H and O–H groups in total. The first-order valence-electron chi connectivity index (χ1n) is 6.27. The van der Waals surface area contributed by atoms with Crippen LogP contribution in [0, 0.1) is 0 Å². The number of hydrogen-bond donors (Lipinski definition) is 1. The number of aliphatic hydroxyl groups is 1. The molecule has 0 aliphatic carbocycles. The third-order valence-electron chi connectivity index (χ3n) is 3.79. The van der Waals surface area contributed by atoms with Crippen molar-refractivity contribution < 1.29 is 14.6 Å². The van der Waals surface area contributed by atoms with E-state index in [4.69, 9.17) is 16.3 Å². The SMILES string of the molecule is CC(Cl)C(=O)N1CCC2(CC1)CC(O)CCO2. The second-order valence-corrected chi connectivity index (χ2v) is 5.77. The molecule has 98 valence electrons. The zero-order valence-electron chi connectivity index (χ0n) is 10.2. The maximum Gasteiger partial charge on any atom is 0.240 e. The first-order chi connectivity index (χ1) is 8.02. The van der Waals surface area contributed by atoms with Crippen LogP contribution in [0.25, 0.3) is 0 Å². The zero-order chi connectivity index (χ0) is 12.5. The van der Waals surface area contributed by atoms with Gasteiger partial charge in [0, 0.05) is 26.1 Å². The molecule has 2 aliphatic rings. The van der Waals surface area contributed by atoms with Crippen molar-refractivity contribution in [1.29, 1.82) is 0 Å². The van der Waals surface area contributed by atoms with Crippen LogP contribution in [0.2, 0.25) is 0 Å². The highest BCUT2D eigenvalue weighted by Gasteiger charge is 2.41. The van der Waals surface area contributed by atoms with Crippen molar-refractivity contribution in [1.82, 2.24) is 4.90 Å². The summed E-state index contributed by atoms with van der Waals surface area (Å²) < 4.78 is 5.83. The van der Waals surface area contributed by atoms with E-state index in [0.717, 1.165) is 19.3 Å². The summed E-state index contributed by atoms with van der Waals surface area (Å²) in [5.74, 6) is -0.00197. The third kappa shape index (κ3) is 2.92. The minimum atomic E-state index is -0.457. The van der Waals surface area contributed by atoms with Crippen molar-refractivity contribution in [2.75, 3.05) is 19.7 Å². The normalized spacial score (nSPS) is 30.3. The second kappa shape index (κ2) is 5.12. The number of piperidine rings is 1. The molecule has 2 saturated heterocycles. The average molecular weight is 262 g/mol. The Morgan fingerprint density at radius 3 is 2.71 bits per heavy atom. The predicted octanol–water partition coefficient (Wildman–Crippen LogP) is 1.15. The highest BCUT2D eigenvalue weighted by atomic mass is 35.5. The number of nitrogens with zero attached hydrogens (tertiary/aromatic N) is 1. The van der Waals surface area contributed by atoms with Gasteiger partial charge in [-0.1, -0.05) is 0 Å². The van der Waals surface area contributed by atoms with E-state index < -0.39 is 5.38 Å². The van der Waals surface area contributed by atoms with Gasteiger partial charge in [-0.15, -0.1) is 11.6 Å². The molecule has 0 aromatic heterocycles. The van der Waals surface area contributed by atoms with Crippen molar-refractivity contribution in [3.05, 3.63) is 0 Å². The van der Waals surface area contributed by atoms with Crippen molar-refractivity contribution in [3.8, 4) is 0 Å². The molecule has 2 rings (SSSR count). The smallest absolute Gasteiger partial charge is 0.240 e. The van der Waals surface area contributed by atoms with Gasteiger partial charge in [-0.2, -0.15) is 0 Å². The van der Waals surface area contributed by atoms with E-state index in [1.807, 2.05) is 0 Å². The van der Waals surface area contributed by atoms with E-state index in [0.29, 0.717) is 26.1 Å². The van der Waals surface area contributed by atoms with E-state index in [-0.39, 0.29) is 17.6 Å². The lowest BCUT2D eigenvalue weighted by Gasteiger charge is -2.45. The molecule has 0 saturated carbocycles. The van der Waals surface area contributed by atoms with Gasteiger partial charge in [0.1, 0.15) is 5.38 Å². The van der Waals surface area contributed by atoms with Gasteiger partial charge in [0.25, 0.3) is 0 Å². The lowest BCUT2D eigenvalue weighted by atomic mass is 9.83. The van der Waals surface area contributed by atoms with Gasteiger partial charge in [-0.25, -0.2) is 0 Å². The molecule has 1 spiro atoms. The Morgan fingerprint density at radius 2 is 2.18 bits per heavy atom. The number of hydrogen-bond acceptors (Lipinski definition) is 3. The van der Waals surface area contributed by atoms with Crippen LogP contribution in [-0.4, -0.2) is 52.7 Å². The lowest BCUT2D eigenvalue weighted by Crippen LogP contribution is -2.52. The summed E-state index contributed by atoms with van der Waals surface area (Å²) in [6.07, 6.45) is 2.78. The van der Waals surface area contributed by atoms with Crippen LogP contribution in [0.15, 0.2) is 0 Å². The highest BCUT2D eigenvalue weighted by Crippen LogP contribution is 2.35. The summed E-state index contributed by atoms with van der Waals surface area (Å²) in [4.78, 5) is 13.5. The topological polar surface area (TPSA) is 49.8 Å². The van der Waals surface area contributed by atoms with Gasteiger partial charge >= 0.3 is 0 Å².